The second-order valence-electron chi connectivity index (χ2n) is 6.83. The van der Waals surface area contributed by atoms with Crippen LogP contribution < -0.4 is 11.1 Å². The summed E-state index contributed by atoms with van der Waals surface area (Å²) in [6.07, 6.45) is 1.86. The second-order valence-corrected chi connectivity index (χ2v) is 6.83. The molecule has 2 aromatic rings. The van der Waals surface area contributed by atoms with Crippen molar-refractivity contribution in [2.45, 2.75) is 20.8 Å². The largest absolute Gasteiger partial charge is 0.398 e. The Morgan fingerprint density at radius 3 is 2.62 bits per heavy atom. The highest BCUT2D eigenvalue weighted by atomic mass is 15.1. The van der Waals surface area contributed by atoms with E-state index < -0.39 is 0 Å². The van der Waals surface area contributed by atoms with Gasteiger partial charge in [0.05, 0.1) is 0 Å². The number of nitrogens with one attached hydrogen (secondary N) is 1. The van der Waals surface area contributed by atoms with Gasteiger partial charge in [0.1, 0.15) is 0 Å². The van der Waals surface area contributed by atoms with Gasteiger partial charge < -0.3 is 16.0 Å². The molecule has 0 bridgehead atoms. The van der Waals surface area contributed by atoms with E-state index in [2.05, 4.69) is 55.3 Å². The van der Waals surface area contributed by atoms with Crippen molar-refractivity contribution in [1.82, 2.24) is 9.88 Å². The number of fused-ring (bicyclic) bond motifs is 1. The number of nitrogens with two attached hydrogens (primary N) is 1. The number of anilines is 2. The van der Waals surface area contributed by atoms with Crippen molar-refractivity contribution in [3.63, 3.8) is 0 Å². The van der Waals surface area contributed by atoms with Gasteiger partial charge in [-0.25, -0.2) is 0 Å². The number of rotatable bonds is 5. The summed E-state index contributed by atoms with van der Waals surface area (Å²) in [5, 5.41) is 5.73. The molecular weight excluding hydrogens is 260 g/mol. The molecule has 2 rings (SSSR count). The van der Waals surface area contributed by atoms with Gasteiger partial charge in [0.2, 0.25) is 0 Å². The van der Waals surface area contributed by atoms with E-state index in [9.17, 15) is 0 Å². The average Bonchev–Trinajstić information content (AvgIpc) is 2.36. The molecule has 0 aliphatic rings. The van der Waals surface area contributed by atoms with E-state index in [0.717, 1.165) is 40.9 Å². The quantitative estimate of drug-likeness (QED) is 0.829. The molecule has 1 heterocycles. The highest BCUT2D eigenvalue weighted by Gasteiger charge is 2.19. The van der Waals surface area contributed by atoms with Gasteiger partial charge >= 0.3 is 0 Å². The van der Waals surface area contributed by atoms with Crippen LogP contribution in [0.4, 0.5) is 11.4 Å². The maximum absolute atomic E-state index is 6.05. The number of hydrogen-bond acceptors (Lipinski definition) is 4. The van der Waals surface area contributed by atoms with Crippen LogP contribution in [0, 0.1) is 12.3 Å². The SMILES string of the molecule is Cc1cc2c(NCC(C)(C)CN(C)C)ccc(N)c2cn1. The van der Waals surface area contributed by atoms with Crippen LogP contribution in [0.15, 0.2) is 24.4 Å². The fraction of sp³-hybridized carbons (Fsp3) is 0.471. The summed E-state index contributed by atoms with van der Waals surface area (Å²) in [5.74, 6) is 0. The Bertz CT molecular complexity index is 632. The van der Waals surface area contributed by atoms with Gasteiger partial charge in [-0.2, -0.15) is 0 Å². The lowest BCUT2D eigenvalue weighted by molar-refractivity contribution is 0.254. The third-order valence-electron chi connectivity index (χ3n) is 3.57. The standard InChI is InChI=1S/C17H26N4/c1-12-8-13-14(9-19-12)15(18)6-7-16(13)20-10-17(2,3)11-21(4)5/h6-9,20H,10-11,18H2,1-5H3. The number of nitrogens with zero attached hydrogens (tertiary/aromatic N) is 2. The Labute approximate surface area is 127 Å². The molecule has 1 aromatic heterocycles. The van der Waals surface area contributed by atoms with Crippen LogP contribution in [0.3, 0.4) is 0 Å². The summed E-state index contributed by atoms with van der Waals surface area (Å²) in [7, 11) is 4.21. The number of pyridine rings is 1. The van der Waals surface area contributed by atoms with Crippen LogP contribution in [0.1, 0.15) is 19.5 Å². The summed E-state index contributed by atoms with van der Waals surface area (Å²) < 4.78 is 0. The molecule has 1 aromatic carbocycles. The van der Waals surface area contributed by atoms with Crippen molar-refractivity contribution in [3.8, 4) is 0 Å². The first-order valence-corrected chi connectivity index (χ1v) is 7.32. The van der Waals surface area contributed by atoms with E-state index in [0.29, 0.717) is 0 Å². The number of hydrogen-bond donors (Lipinski definition) is 2. The molecule has 114 valence electrons. The smallest absolute Gasteiger partial charge is 0.0422 e. The topological polar surface area (TPSA) is 54.2 Å². The van der Waals surface area contributed by atoms with Crippen molar-refractivity contribution < 1.29 is 0 Å². The minimum Gasteiger partial charge on any atom is -0.398 e. The fourth-order valence-electron chi connectivity index (χ4n) is 2.77. The molecule has 0 aliphatic heterocycles. The van der Waals surface area contributed by atoms with E-state index in [1.54, 1.807) is 0 Å². The molecule has 0 atom stereocenters. The predicted molar refractivity (Wildman–Crippen MR) is 91.7 cm³/mol. The Hall–Kier alpha value is -1.81. The van der Waals surface area contributed by atoms with E-state index in [1.165, 1.54) is 0 Å². The normalized spacial score (nSPS) is 12.1. The van der Waals surface area contributed by atoms with Crippen LogP contribution >= 0.6 is 0 Å². The van der Waals surface area contributed by atoms with Crippen molar-refractivity contribution in [3.05, 3.63) is 30.1 Å². The van der Waals surface area contributed by atoms with E-state index in [-0.39, 0.29) is 5.41 Å². The van der Waals surface area contributed by atoms with Crippen LogP contribution in [-0.4, -0.2) is 37.1 Å². The maximum Gasteiger partial charge on any atom is 0.0422 e. The third kappa shape index (κ3) is 3.85. The van der Waals surface area contributed by atoms with Gasteiger partial charge in [0.15, 0.2) is 0 Å². The molecule has 21 heavy (non-hydrogen) atoms. The molecule has 0 fully saturated rings. The number of aromatic nitrogens is 1. The average molecular weight is 286 g/mol. The summed E-state index contributed by atoms with van der Waals surface area (Å²) in [4.78, 5) is 6.56. The molecule has 0 saturated carbocycles. The minimum absolute atomic E-state index is 0.194. The summed E-state index contributed by atoms with van der Waals surface area (Å²) in [6, 6.07) is 6.09. The first-order chi connectivity index (χ1) is 9.78. The molecule has 0 spiro atoms. The van der Waals surface area contributed by atoms with Crippen molar-refractivity contribution in [2.24, 2.45) is 5.41 Å². The van der Waals surface area contributed by atoms with Crippen LogP contribution in [-0.2, 0) is 0 Å². The highest BCUT2D eigenvalue weighted by Crippen LogP contribution is 2.29. The lowest BCUT2D eigenvalue weighted by Crippen LogP contribution is -2.34. The van der Waals surface area contributed by atoms with Gasteiger partial charge in [-0.1, -0.05) is 13.8 Å². The third-order valence-corrected chi connectivity index (χ3v) is 3.57. The predicted octanol–water partition coefficient (Wildman–Crippen LogP) is 3.13. The minimum atomic E-state index is 0.194. The van der Waals surface area contributed by atoms with E-state index in [1.807, 2.05) is 19.2 Å². The lowest BCUT2D eigenvalue weighted by Gasteiger charge is -2.29. The zero-order valence-corrected chi connectivity index (χ0v) is 13.7. The van der Waals surface area contributed by atoms with Gasteiger partial charge in [-0.3, -0.25) is 4.98 Å². The van der Waals surface area contributed by atoms with E-state index >= 15 is 0 Å². The number of benzene rings is 1. The monoisotopic (exact) mass is 286 g/mol. The molecule has 0 amide bonds. The Morgan fingerprint density at radius 1 is 1.24 bits per heavy atom. The Kier molecular flexibility index (Phi) is 4.37. The van der Waals surface area contributed by atoms with Crippen molar-refractivity contribution in [2.75, 3.05) is 38.2 Å². The summed E-state index contributed by atoms with van der Waals surface area (Å²) in [5.41, 5.74) is 9.14. The van der Waals surface area contributed by atoms with Crippen LogP contribution in [0.5, 0.6) is 0 Å². The highest BCUT2D eigenvalue weighted by molar-refractivity contribution is 6.00. The fourth-order valence-corrected chi connectivity index (χ4v) is 2.77. The van der Waals surface area contributed by atoms with Crippen molar-refractivity contribution >= 4 is 22.1 Å². The first-order valence-electron chi connectivity index (χ1n) is 7.32. The molecule has 0 unspecified atom stereocenters. The summed E-state index contributed by atoms with van der Waals surface area (Å²) >= 11 is 0. The molecule has 0 aliphatic carbocycles. The molecular formula is C17H26N4. The molecule has 0 saturated heterocycles. The molecule has 0 radical (unpaired) electrons. The Morgan fingerprint density at radius 2 is 1.95 bits per heavy atom. The van der Waals surface area contributed by atoms with E-state index in [4.69, 9.17) is 5.73 Å². The van der Waals surface area contributed by atoms with Gasteiger partial charge in [0.25, 0.3) is 0 Å². The zero-order chi connectivity index (χ0) is 15.6. The molecule has 4 nitrogen and oxygen atoms in total. The first kappa shape index (κ1) is 15.6. The number of aryl methyl sites for hydroxylation is 1. The zero-order valence-electron chi connectivity index (χ0n) is 13.7. The van der Waals surface area contributed by atoms with Gasteiger partial charge in [-0.05, 0) is 44.6 Å². The van der Waals surface area contributed by atoms with Crippen molar-refractivity contribution in [1.29, 1.82) is 0 Å². The van der Waals surface area contributed by atoms with Gasteiger partial charge in [-0.15, -0.1) is 0 Å². The molecule has 4 heteroatoms. The lowest BCUT2D eigenvalue weighted by atomic mass is 9.92. The summed E-state index contributed by atoms with van der Waals surface area (Å²) in [6.45, 7) is 8.49. The van der Waals surface area contributed by atoms with Gasteiger partial charge in [0, 0.05) is 47.1 Å². The Balaban J connectivity index is 2.27. The number of nitrogen functional groups attached to an aromatic ring is 1. The second kappa shape index (κ2) is 5.90. The maximum atomic E-state index is 6.05. The molecule has 3 N–H and O–H groups in total. The van der Waals surface area contributed by atoms with Crippen LogP contribution in [0.25, 0.3) is 10.8 Å². The van der Waals surface area contributed by atoms with Crippen LogP contribution in [0.2, 0.25) is 0 Å².